The summed E-state index contributed by atoms with van der Waals surface area (Å²) in [5, 5.41) is 22.1. The van der Waals surface area contributed by atoms with Crippen LogP contribution in [0.2, 0.25) is 0 Å². The van der Waals surface area contributed by atoms with Crippen molar-refractivity contribution in [3.63, 3.8) is 0 Å². The van der Waals surface area contributed by atoms with Gasteiger partial charge in [-0.1, -0.05) is 5.16 Å². The van der Waals surface area contributed by atoms with E-state index in [4.69, 9.17) is 21.2 Å². The summed E-state index contributed by atoms with van der Waals surface area (Å²) in [5.41, 5.74) is 8.60. The minimum Gasteiger partial charge on any atom is -0.481 e. The van der Waals surface area contributed by atoms with Crippen LogP contribution < -0.4 is 27.9 Å². The number of nitrogens with one attached hydrogen (secondary N) is 3. The van der Waals surface area contributed by atoms with Gasteiger partial charge in [0.15, 0.2) is 16.7 Å². The van der Waals surface area contributed by atoms with Gasteiger partial charge in [-0.2, -0.15) is 0 Å². The Labute approximate surface area is 275 Å². The van der Waals surface area contributed by atoms with Gasteiger partial charge in [0.1, 0.15) is 27.6 Å². The number of nitrogen functional groups attached to an aromatic ring is 1. The predicted molar refractivity (Wildman–Crippen MR) is 171 cm³/mol. The van der Waals surface area contributed by atoms with E-state index in [0.717, 1.165) is 17.0 Å². The van der Waals surface area contributed by atoms with Crippen molar-refractivity contribution in [1.82, 2.24) is 36.2 Å². The number of carboxylic acid groups (broad SMARTS) is 1. The molecule has 46 heavy (non-hydrogen) atoms. The third-order valence-electron chi connectivity index (χ3n) is 7.29. The molecule has 18 nitrogen and oxygen atoms in total. The van der Waals surface area contributed by atoms with E-state index < -0.39 is 46.1 Å². The number of aliphatic carboxylic acids is 1. The molecular formula is C25H33N11O7S3. The molecule has 2 unspecified atom stereocenters. The Bertz CT molecular complexity index is 1560. The number of fused-ring (bicyclic) bond motifs is 2. The predicted octanol–water partition coefficient (Wildman–Crippen LogP) is -1.17. The van der Waals surface area contributed by atoms with Gasteiger partial charge in [0.2, 0.25) is 11.5 Å². The fourth-order valence-electron chi connectivity index (χ4n) is 4.74. The van der Waals surface area contributed by atoms with Gasteiger partial charge in [0.05, 0.1) is 18.5 Å². The Morgan fingerprint density at radius 2 is 2.13 bits per heavy atom. The number of ether oxygens (including phenoxy) is 1. The normalized spacial score (nSPS) is 24.3. The van der Waals surface area contributed by atoms with Gasteiger partial charge in [-0.05, 0) is 19.9 Å². The molecule has 3 atom stereocenters. The summed E-state index contributed by atoms with van der Waals surface area (Å²) in [5.74, 6) is 3.22. The third kappa shape index (κ3) is 6.51. The van der Waals surface area contributed by atoms with Gasteiger partial charge < -0.3 is 30.6 Å². The number of β-lactam (4-membered cyclic amide) rings is 1. The topological polar surface area (TPSA) is 242 Å². The van der Waals surface area contributed by atoms with Gasteiger partial charge in [-0.15, -0.1) is 40.4 Å². The molecule has 3 amide bonds. The zero-order chi connectivity index (χ0) is 33.4. The monoisotopic (exact) mass is 695 g/mol. The van der Waals surface area contributed by atoms with Crippen LogP contribution in [0.5, 0.6) is 0 Å². The van der Waals surface area contributed by atoms with Crippen LogP contribution in [-0.4, -0.2) is 115 Å². The number of hydrogen-bond acceptors (Lipinski definition) is 17. The van der Waals surface area contributed by atoms with Crippen LogP contribution in [0.25, 0.3) is 0 Å². The molecule has 4 aliphatic rings. The number of nitrogens with two attached hydrogens (primary N) is 2. The summed E-state index contributed by atoms with van der Waals surface area (Å²) < 4.78 is 5.32. The highest BCUT2D eigenvalue weighted by atomic mass is 32.2. The lowest BCUT2D eigenvalue weighted by Gasteiger charge is -2.53. The zero-order valence-electron chi connectivity index (χ0n) is 25.2. The molecule has 0 aliphatic carbocycles. The first-order chi connectivity index (χ1) is 21.8. The van der Waals surface area contributed by atoms with Crippen LogP contribution in [0.3, 0.4) is 0 Å². The van der Waals surface area contributed by atoms with E-state index in [9.17, 15) is 24.3 Å². The molecule has 1 aromatic rings. The Kier molecular flexibility index (Phi) is 9.52. The Balaban J connectivity index is 1.27. The van der Waals surface area contributed by atoms with E-state index >= 15 is 0 Å². The lowest BCUT2D eigenvalue weighted by atomic mass is 9.89. The lowest BCUT2D eigenvalue weighted by Crippen LogP contribution is -2.74. The van der Waals surface area contributed by atoms with Crippen LogP contribution in [0.1, 0.15) is 19.5 Å². The fourth-order valence-corrected chi connectivity index (χ4v) is 8.08. The number of thioether (sulfide) groups is 2. The summed E-state index contributed by atoms with van der Waals surface area (Å²) in [7, 11) is 3.41. The second-order valence-electron chi connectivity index (χ2n) is 11.1. The minimum atomic E-state index is -1.53. The van der Waals surface area contributed by atoms with Crippen molar-refractivity contribution in [3.8, 4) is 0 Å². The molecule has 2 fully saturated rings. The first-order valence-electron chi connectivity index (χ1n) is 13.7. The van der Waals surface area contributed by atoms with Crippen molar-refractivity contribution in [2.45, 2.75) is 30.9 Å². The largest absolute Gasteiger partial charge is 0.481 e. The molecule has 2 saturated heterocycles. The second-order valence-corrected chi connectivity index (χ2v) is 14.1. The summed E-state index contributed by atoms with van der Waals surface area (Å²) in [6, 6.07) is -0.953. The maximum atomic E-state index is 13.4. The number of thiazole rings is 1. The number of anilines is 1. The molecule has 0 bridgehead atoms. The molecule has 0 aromatic carbocycles. The van der Waals surface area contributed by atoms with Crippen LogP contribution in [0.4, 0.5) is 5.13 Å². The van der Waals surface area contributed by atoms with Gasteiger partial charge in [-0.3, -0.25) is 29.6 Å². The molecule has 1 aromatic heterocycles. The average Bonchev–Trinajstić information content (AvgIpc) is 3.62. The number of hydrogen-bond donors (Lipinski definition) is 6. The van der Waals surface area contributed by atoms with Crippen molar-refractivity contribution in [3.05, 3.63) is 34.9 Å². The first-order valence-corrected chi connectivity index (χ1v) is 16.6. The van der Waals surface area contributed by atoms with E-state index in [0.29, 0.717) is 17.5 Å². The number of carboxylic acids is 1. The second kappa shape index (κ2) is 13.1. The van der Waals surface area contributed by atoms with Crippen molar-refractivity contribution in [2.24, 2.45) is 21.4 Å². The minimum absolute atomic E-state index is 0.0473. The van der Waals surface area contributed by atoms with Crippen LogP contribution in [0.15, 0.2) is 39.3 Å². The number of aromatic nitrogens is 1. The zero-order valence-corrected chi connectivity index (χ0v) is 27.6. The molecule has 0 radical (unpaired) electrons. The number of methoxy groups -OCH3 is 1. The molecule has 0 spiro atoms. The third-order valence-corrected chi connectivity index (χ3v) is 10.8. The maximum Gasteiger partial charge on any atom is 0.313 e. The van der Waals surface area contributed by atoms with Gasteiger partial charge >= 0.3 is 5.97 Å². The lowest BCUT2D eigenvalue weighted by molar-refractivity contribution is -0.157. The van der Waals surface area contributed by atoms with Crippen molar-refractivity contribution < 1.29 is 33.9 Å². The van der Waals surface area contributed by atoms with E-state index in [-0.39, 0.29) is 34.6 Å². The van der Waals surface area contributed by atoms with Gasteiger partial charge in [0.25, 0.3) is 11.8 Å². The molecule has 248 valence electrons. The number of rotatable bonds is 11. The molecule has 5 rings (SSSR count). The number of oxime groups is 1. The average molecular weight is 696 g/mol. The van der Waals surface area contributed by atoms with E-state index in [2.05, 4.69) is 26.0 Å². The van der Waals surface area contributed by atoms with Gasteiger partial charge in [0, 0.05) is 37.6 Å². The quantitative estimate of drug-likeness (QED) is 0.0525. The fraction of sp³-hybridized carbons (Fsp3) is 0.480. The van der Waals surface area contributed by atoms with Crippen molar-refractivity contribution >= 4 is 74.4 Å². The van der Waals surface area contributed by atoms with Crippen LogP contribution in [-0.2, 0) is 28.8 Å². The van der Waals surface area contributed by atoms with Crippen molar-refractivity contribution in [1.29, 1.82) is 0 Å². The maximum absolute atomic E-state index is 13.4. The van der Waals surface area contributed by atoms with E-state index in [1.165, 1.54) is 47.7 Å². The number of amides is 3. The number of carbonyl (C=O) groups excluding carboxylic acids is 3. The Morgan fingerprint density at radius 1 is 1.37 bits per heavy atom. The molecular weight excluding hydrogens is 663 g/mol. The SMILES string of the molecule is COCC1=CC(SCC2(C(=O)O)CS[C@@H]3C(NC(=O)C(=NOC(C)(C)C(=O)NN)c4csc(N)n4)C(=O)N3C2)=NC2=CN(C)NN12. The Morgan fingerprint density at radius 3 is 2.78 bits per heavy atom. The standard InChI is InChI=1S/C25H33N11O7S3/c1-24(2,21(39)31-27)43-32-16(13-8-44-23(26)28-13)18(37)30-17-19(38)35-9-25(22(40)41,11-46-20(17)35)10-45-15-5-12(7-42-4)36-14(29-15)6-34(3)33-36/h5-6,8,17,20,33H,7,9-11,27H2,1-4H3,(H2,26,28)(H,30,37)(H,31,39)(H,40,41)/t17?,20-,25?/m1/s1. The van der Waals surface area contributed by atoms with E-state index in [1.807, 2.05) is 18.5 Å². The molecule has 21 heteroatoms. The molecule has 0 saturated carbocycles. The highest BCUT2D eigenvalue weighted by molar-refractivity contribution is 8.14. The number of hydrazine groups is 3. The number of nitrogens with zero attached hydrogens (tertiary/aromatic N) is 6. The highest BCUT2D eigenvalue weighted by Gasteiger charge is 2.57. The first kappa shape index (κ1) is 33.5. The highest BCUT2D eigenvalue weighted by Crippen LogP contribution is 2.44. The van der Waals surface area contributed by atoms with Crippen molar-refractivity contribution in [2.75, 3.05) is 44.5 Å². The van der Waals surface area contributed by atoms with Crippen LogP contribution >= 0.6 is 34.9 Å². The number of aliphatic imine (C=N–C) groups is 1. The van der Waals surface area contributed by atoms with Crippen LogP contribution in [0, 0.1) is 5.41 Å². The smallest absolute Gasteiger partial charge is 0.313 e. The van der Waals surface area contributed by atoms with Gasteiger partial charge in [-0.25, -0.2) is 20.8 Å². The summed E-state index contributed by atoms with van der Waals surface area (Å²) >= 11 is 3.61. The van der Waals surface area contributed by atoms with E-state index in [1.54, 1.807) is 23.3 Å². The molecule has 5 heterocycles. The summed E-state index contributed by atoms with van der Waals surface area (Å²) in [6.07, 6.45) is 3.63. The summed E-state index contributed by atoms with van der Waals surface area (Å²) in [6.45, 7) is 3.06. The molecule has 4 aliphatic heterocycles. The number of carbonyl (C=O) groups is 4. The Hall–Kier alpha value is -3.89. The summed E-state index contributed by atoms with van der Waals surface area (Å²) in [4.78, 5) is 66.8. The molecule has 8 N–H and O–H groups in total.